The molecule has 0 saturated heterocycles. The molecule has 134 valence electrons. The lowest BCUT2D eigenvalue weighted by Gasteiger charge is -2.07. The van der Waals surface area contributed by atoms with E-state index in [2.05, 4.69) is 10.4 Å². The predicted molar refractivity (Wildman–Crippen MR) is 103 cm³/mol. The highest BCUT2D eigenvalue weighted by Gasteiger charge is 2.15. The molecular weight excluding hydrogens is 344 g/mol. The van der Waals surface area contributed by atoms with E-state index in [0.717, 1.165) is 29.2 Å². The minimum Gasteiger partial charge on any atom is -0.352 e. The zero-order valence-corrected chi connectivity index (χ0v) is 15.7. The smallest absolute Gasteiger partial charge is 0.251 e. The van der Waals surface area contributed by atoms with Crippen LogP contribution in [0.4, 0.5) is 0 Å². The summed E-state index contributed by atoms with van der Waals surface area (Å²) in [5, 5.41) is 8.42. The molecule has 0 aliphatic heterocycles. The van der Waals surface area contributed by atoms with Crippen LogP contribution in [0.3, 0.4) is 0 Å². The van der Waals surface area contributed by atoms with Crippen molar-refractivity contribution < 1.29 is 4.79 Å². The van der Waals surface area contributed by atoms with E-state index in [4.69, 9.17) is 4.98 Å². The van der Waals surface area contributed by atoms with Gasteiger partial charge in [0.2, 0.25) is 0 Å². The first-order chi connectivity index (χ1) is 12.7. The van der Waals surface area contributed by atoms with Gasteiger partial charge in [0, 0.05) is 35.3 Å². The predicted octanol–water partition coefficient (Wildman–Crippen LogP) is 3.49. The molecule has 6 heteroatoms. The number of aromatic nitrogens is 3. The number of fused-ring (bicyclic) bond motifs is 1. The van der Waals surface area contributed by atoms with Gasteiger partial charge in [0.15, 0.2) is 0 Å². The lowest BCUT2D eigenvalue weighted by molar-refractivity contribution is 0.0954. The molecule has 5 nitrogen and oxygen atoms in total. The number of benzene rings is 1. The molecule has 0 radical (unpaired) electrons. The fraction of sp³-hybridized carbons (Fsp3) is 0.350. The molecule has 1 N–H and O–H groups in total. The Hall–Kier alpha value is -2.47. The average Bonchev–Trinajstić information content (AvgIpc) is 3.27. The van der Waals surface area contributed by atoms with Crippen LogP contribution in [0.2, 0.25) is 0 Å². The number of carbonyl (C=O) groups excluding carboxylic acids is 1. The van der Waals surface area contributed by atoms with Gasteiger partial charge in [-0.2, -0.15) is 5.10 Å². The average molecular weight is 366 g/mol. The van der Waals surface area contributed by atoms with Crippen molar-refractivity contribution in [3.8, 4) is 5.69 Å². The highest BCUT2D eigenvalue weighted by molar-refractivity contribution is 7.11. The van der Waals surface area contributed by atoms with Gasteiger partial charge in [0.1, 0.15) is 0 Å². The van der Waals surface area contributed by atoms with Crippen LogP contribution in [-0.2, 0) is 19.3 Å². The summed E-state index contributed by atoms with van der Waals surface area (Å²) in [5.41, 5.74) is 3.97. The number of carbonyl (C=O) groups is 1. The Labute approximate surface area is 157 Å². The van der Waals surface area contributed by atoms with E-state index in [1.54, 1.807) is 6.20 Å². The minimum absolute atomic E-state index is 0.0462. The number of thiazole rings is 1. The van der Waals surface area contributed by atoms with E-state index in [1.807, 2.05) is 53.3 Å². The molecule has 0 unspecified atom stereocenters. The molecule has 3 aromatic rings. The maximum absolute atomic E-state index is 12.3. The van der Waals surface area contributed by atoms with Gasteiger partial charge in [0.25, 0.3) is 5.91 Å². The molecular formula is C20H22N4OS. The lowest BCUT2D eigenvalue weighted by Crippen LogP contribution is -2.25. The molecule has 1 aliphatic carbocycles. The summed E-state index contributed by atoms with van der Waals surface area (Å²) in [6.07, 6.45) is 7.38. The third-order valence-corrected chi connectivity index (χ3v) is 5.94. The van der Waals surface area contributed by atoms with Crippen LogP contribution in [0, 0.1) is 6.92 Å². The maximum atomic E-state index is 12.3. The van der Waals surface area contributed by atoms with Gasteiger partial charge >= 0.3 is 0 Å². The Morgan fingerprint density at radius 3 is 2.73 bits per heavy atom. The normalized spacial score (nSPS) is 13.4. The van der Waals surface area contributed by atoms with Crippen LogP contribution in [0.5, 0.6) is 0 Å². The van der Waals surface area contributed by atoms with Crippen LogP contribution in [-0.4, -0.2) is 27.2 Å². The van der Waals surface area contributed by atoms with Crippen molar-refractivity contribution in [2.24, 2.45) is 0 Å². The van der Waals surface area contributed by atoms with E-state index >= 15 is 0 Å². The second-order valence-corrected chi connectivity index (χ2v) is 7.79. The Morgan fingerprint density at radius 1 is 1.19 bits per heavy atom. The summed E-state index contributed by atoms with van der Waals surface area (Å²) in [4.78, 5) is 18.5. The Bertz CT molecular complexity index is 887. The number of nitrogens with zero attached hydrogens (tertiary/aromatic N) is 3. The zero-order valence-electron chi connectivity index (χ0n) is 14.9. The van der Waals surface area contributed by atoms with Crippen LogP contribution in [0.15, 0.2) is 36.5 Å². The molecule has 4 rings (SSSR count). The number of amides is 1. The van der Waals surface area contributed by atoms with Crippen LogP contribution in [0.1, 0.15) is 44.5 Å². The molecule has 1 aliphatic rings. The van der Waals surface area contributed by atoms with Crippen molar-refractivity contribution in [2.45, 2.75) is 39.0 Å². The lowest BCUT2D eigenvalue weighted by atomic mass is 10.0. The minimum atomic E-state index is -0.0462. The first kappa shape index (κ1) is 17.0. The quantitative estimate of drug-likeness (QED) is 0.752. The van der Waals surface area contributed by atoms with Gasteiger partial charge in [-0.1, -0.05) is 0 Å². The van der Waals surface area contributed by atoms with Gasteiger partial charge in [-0.05, 0) is 62.9 Å². The zero-order chi connectivity index (χ0) is 17.9. The van der Waals surface area contributed by atoms with E-state index in [-0.39, 0.29) is 5.91 Å². The van der Waals surface area contributed by atoms with Crippen molar-refractivity contribution in [3.05, 3.63) is 63.4 Å². The highest BCUT2D eigenvalue weighted by Crippen LogP contribution is 2.26. The third-order valence-electron chi connectivity index (χ3n) is 4.72. The molecule has 0 atom stereocenters. The number of hydrogen-bond donors (Lipinski definition) is 1. The SMILES string of the molecule is Cc1ccnn1-c1ccc(C(=O)NCCc2nc3c(s2)CCCC3)cc1. The Kier molecular flexibility index (Phi) is 4.84. The van der Waals surface area contributed by atoms with Gasteiger partial charge in [-0.3, -0.25) is 4.79 Å². The van der Waals surface area contributed by atoms with Crippen molar-refractivity contribution in [1.82, 2.24) is 20.1 Å². The molecule has 2 aromatic heterocycles. The summed E-state index contributed by atoms with van der Waals surface area (Å²) in [6.45, 7) is 2.62. The summed E-state index contributed by atoms with van der Waals surface area (Å²) in [5.74, 6) is -0.0462. The monoisotopic (exact) mass is 366 g/mol. The number of hydrogen-bond acceptors (Lipinski definition) is 4. The number of rotatable bonds is 5. The van der Waals surface area contributed by atoms with Gasteiger partial charge < -0.3 is 5.32 Å². The van der Waals surface area contributed by atoms with Crippen molar-refractivity contribution in [2.75, 3.05) is 6.54 Å². The topological polar surface area (TPSA) is 59.8 Å². The fourth-order valence-electron chi connectivity index (χ4n) is 3.29. The molecule has 2 heterocycles. The molecule has 0 fully saturated rings. The van der Waals surface area contributed by atoms with E-state index in [0.29, 0.717) is 12.1 Å². The summed E-state index contributed by atoms with van der Waals surface area (Å²) < 4.78 is 1.85. The summed E-state index contributed by atoms with van der Waals surface area (Å²) >= 11 is 1.81. The highest BCUT2D eigenvalue weighted by atomic mass is 32.1. The van der Waals surface area contributed by atoms with Gasteiger partial charge in [-0.15, -0.1) is 11.3 Å². The number of nitrogens with one attached hydrogen (secondary N) is 1. The van der Waals surface area contributed by atoms with Crippen molar-refractivity contribution in [1.29, 1.82) is 0 Å². The van der Waals surface area contributed by atoms with Gasteiger partial charge in [-0.25, -0.2) is 9.67 Å². The molecule has 1 aromatic carbocycles. The van der Waals surface area contributed by atoms with Crippen LogP contribution < -0.4 is 5.32 Å². The van der Waals surface area contributed by atoms with E-state index < -0.39 is 0 Å². The molecule has 26 heavy (non-hydrogen) atoms. The molecule has 0 bridgehead atoms. The number of aryl methyl sites for hydroxylation is 3. The fourth-order valence-corrected chi connectivity index (χ4v) is 4.45. The van der Waals surface area contributed by atoms with E-state index in [1.165, 1.54) is 29.8 Å². The van der Waals surface area contributed by atoms with E-state index in [9.17, 15) is 4.79 Å². The summed E-state index contributed by atoms with van der Waals surface area (Å²) in [6, 6.07) is 9.48. The largest absolute Gasteiger partial charge is 0.352 e. The van der Waals surface area contributed by atoms with Crippen molar-refractivity contribution in [3.63, 3.8) is 0 Å². The molecule has 0 spiro atoms. The Morgan fingerprint density at radius 2 is 2.00 bits per heavy atom. The first-order valence-corrected chi connectivity index (χ1v) is 9.89. The van der Waals surface area contributed by atoms with Crippen LogP contribution >= 0.6 is 11.3 Å². The first-order valence-electron chi connectivity index (χ1n) is 9.07. The summed E-state index contributed by atoms with van der Waals surface area (Å²) in [7, 11) is 0. The maximum Gasteiger partial charge on any atom is 0.251 e. The molecule has 1 amide bonds. The molecule has 0 saturated carbocycles. The standard InChI is InChI=1S/C20H22N4OS/c1-14-10-13-22-24(14)16-8-6-15(7-9-16)20(25)21-12-11-19-23-17-4-2-3-5-18(17)26-19/h6-10,13H,2-5,11-12H2,1H3,(H,21,25). The van der Waals surface area contributed by atoms with Crippen LogP contribution in [0.25, 0.3) is 5.69 Å². The second-order valence-electron chi connectivity index (χ2n) is 6.62. The van der Waals surface area contributed by atoms with Gasteiger partial charge in [0.05, 0.1) is 16.4 Å². The third kappa shape index (κ3) is 3.55. The van der Waals surface area contributed by atoms with Crippen molar-refractivity contribution >= 4 is 17.2 Å². The second kappa shape index (κ2) is 7.41. The Balaban J connectivity index is 1.33.